The minimum Gasteiger partial charge on any atom is -0.484 e. The second kappa shape index (κ2) is 7.82. The number of imide groups is 1. The van der Waals surface area contributed by atoms with Gasteiger partial charge in [0, 0.05) is 0 Å². The highest BCUT2D eigenvalue weighted by atomic mass is 16.6. The number of carbonyl (C=O) groups excluding carboxylic acids is 2. The number of benzene rings is 2. The molecule has 27 heavy (non-hydrogen) atoms. The second-order valence-corrected chi connectivity index (χ2v) is 7.75. The van der Waals surface area contributed by atoms with Crippen molar-refractivity contribution < 1.29 is 19.1 Å². The molecule has 0 bridgehead atoms. The van der Waals surface area contributed by atoms with Gasteiger partial charge in [-0.25, -0.2) is 9.69 Å². The maximum Gasteiger partial charge on any atom is 0.417 e. The van der Waals surface area contributed by atoms with Crippen molar-refractivity contribution in [2.45, 2.75) is 38.6 Å². The molecule has 2 aromatic carbocycles. The van der Waals surface area contributed by atoms with Crippen LogP contribution in [-0.2, 0) is 21.4 Å². The third-order valence-electron chi connectivity index (χ3n) is 4.63. The van der Waals surface area contributed by atoms with Gasteiger partial charge in [-0.1, -0.05) is 63.2 Å². The summed E-state index contributed by atoms with van der Waals surface area (Å²) in [6.07, 6.45) is -0.0360. The maximum atomic E-state index is 12.6. The molecule has 0 unspecified atom stereocenters. The zero-order chi connectivity index (χ0) is 19.4. The van der Waals surface area contributed by atoms with Crippen LogP contribution in [0.25, 0.3) is 0 Å². The minimum atomic E-state index is -0.604. The molecule has 2 amide bonds. The first kappa shape index (κ1) is 19.0. The largest absolute Gasteiger partial charge is 0.484 e. The van der Waals surface area contributed by atoms with E-state index >= 15 is 0 Å². The molecule has 0 saturated carbocycles. The van der Waals surface area contributed by atoms with Gasteiger partial charge in [-0.05, 0) is 35.1 Å². The van der Waals surface area contributed by atoms with Gasteiger partial charge in [-0.3, -0.25) is 4.79 Å². The van der Waals surface area contributed by atoms with Crippen LogP contribution in [0.4, 0.5) is 4.79 Å². The van der Waals surface area contributed by atoms with Crippen molar-refractivity contribution >= 4 is 12.0 Å². The summed E-state index contributed by atoms with van der Waals surface area (Å²) in [5.41, 5.74) is 2.29. The van der Waals surface area contributed by atoms with Crippen LogP contribution in [-0.4, -0.2) is 36.2 Å². The molecule has 0 radical (unpaired) electrons. The van der Waals surface area contributed by atoms with Crippen molar-refractivity contribution in [2.75, 3.05) is 13.2 Å². The monoisotopic (exact) mass is 367 g/mol. The van der Waals surface area contributed by atoms with Gasteiger partial charge < -0.3 is 9.47 Å². The van der Waals surface area contributed by atoms with Crippen LogP contribution >= 0.6 is 0 Å². The smallest absolute Gasteiger partial charge is 0.417 e. The number of hydrogen-bond acceptors (Lipinski definition) is 4. The highest BCUT2D eigenvalue weighted by Crippen LogP contribution is 2.24. The van der Waals surface area contributed by atoms with Crippen molar-refractivity contribution in [3.63, 3.8) is 0 Å². The molecule has 5 heteroatoms. The second-order valence-electron chi connectivity index (χ2n) is 7.75. The Bertz CT molecular complexity index is 793. The molecule has 1 aliphatic rings. The quantitative estimate of drug-likeness (QED) is 0.803. The lowest BCUT2D eigenvalue weighted by Crippen LogP contribution is -2.42. The summed E-state index contributed by atoms with van der Waals surface area (Å²) in [5.74, 6) is 0.210. The summed E-state index contributed by atoms with van der Waals surface area (Å²) in [7, 11) is 0. The van der Waals surface area contributed by atoms with Crippen LogP contribution in [0.5, 0.6) is 5.75 Å². The first-order valence-electron chi connectivity index (χ1n) is 9.10. The Morgan fingerprint density at radius 3 is 2.41 bits per heavy atom. The van der Waals surface area contributed by atoms with Gasteiger partial charge in [0.25, 0.3) is 5.91 Å². The van der Waals surface area contributed by atoms with Gasteiger partial charge in [0.2, 0.25) is 0 Å². The molecular weight excluding hydrogens is 342 g/mol. The molecule has 1 fully saturated rings. The van der Waals surface area contributed by atoms with Gasteiger partial charge in [0.15, 0.2) is 6.61 Å². The molecule has 0 aliphatic carbocycles. The first-order valence-corrected chi connectivity index (χ1v) is 9.10. The first-order chi connectivity index (χ1) is 12.8. The molecule has 1 heterocycles. The number of nitrogens with zero attached hydrogens (tertiary/aromatic N) is 1. The van der Waals surface area contributed by atoms with Crippen LogP contribution in [0.15, 0.2) is 54.6 Å². The fraction of sp³-hybridized carbons (Fsp3) is 0.364. The van der Waals surface area contributed by atoms with E-state index in [1.807, 2.05) is 54.6 Å². The van der Waals surface area contributed by atoms with E-state index in [1.54, 1.807) is 0 Å². The zero-order valence-electron chi connectivity index (χ0n) is 16.0. The van der Waals surface area contributed by atoms with E-state index in [2.05, 4.69) is 20.8 Å². The molecule has 0 N–H and O–H groups in total. The Kier molecular flexibility index (Phi) is 5.49. The third kappa shape index (κ3) is 4.67. The summed E-state index contributed by atoms with van der Waals surface area (Å²) in [6.45, 7) is 6.42. The normalized spacial score (nSPS) is 16.9. The Morgan fingerprint density at radius 1 is 1.11 bits per heavy atom. The molecule has 1 aliphatic heterocycles. The predicted octanol–water partition coefficient (Wildman–Crippen LogP) is 3.95. The van der Waals surface area contributed by atoms with Crippen molar-refractivity contribution in [1.29, 1.82) is 0 Å². The molecule has 1 atom stereocenters. The van der Waals surface area contributed by atoms with E-state index in [0.717, 1.165) is 5.56 Å². The molecule has 2 aromatic rings. The van der Waals surface area contributed by atoms with E-state index in [4.69, 9.17) is 9.47 Å². The number of cyclic esters (lactones) is 1. The van der Waals surface area contributed by atoms with E-state index in [-0.39, 0.29) is 24.7 Å². The van der Waals surface area contributed by atoms with Gasteiger partial charge in [-0.15, -0.1) is 0 Å². The zero-order valence-corrected chi connectivity index (χ0v) is 16.0. The average Bonchev–Trinajstić information content (AvgIpc) is 3.00. The van der Waals surface area contributed by atoms with Gasteiger partial charge in [0.1, 0.15) is 12.4 Å². The number of carbonyl (C=O) groups is 2. The highest BCUT2D eigenvalue weighted by molar-refractivity contribution is 5.94. The number of rotatable bonds is 5. The summed E-state index contributed by atoms with van der Waals surface area (Å²) in [6, 6.07) is 17.1. The van der Waals surface area contributed by atoms with E-state index in [1.165, 1.54) is 10.5 Å². The van der Waals surface area contributed by atoms with Crippen molar-refractivity contribution in [3.8, 4) is 5.75 Å². The topological polar surface area (TPSA) is 55.8 Å². The fourth-order valence-corrected chi connectivity index (χ4v) is 3.07. The Balaban J connectivity index is 1.61. The van der Waals surface area contributed by atoms with Crippen molar-refractivity contribution in [1.82, 2.24) is 4.90 Å². The van der Waals surface area contributed by atoms with Gasteiger partial charge in [0.05, 0.1) is 6.04 Å². The van der Waals surface area contributed by atoms with Crippen LogP contribution in [0, 0.1) is 0 Å². The molecule has 1 saturated heterocycles. The lowest BCUT2D eigenvalue weighted by Gasteiger charge is -2.21. The highest BCUT2D eigenvalue weighted by Gasteiger charge is 2.38. The van der Waals surface area contributed by atoms with E-state index in [9.17, 15) is 9.59 Å². The fourth-order valence-electron chi connectivity index (χ4n) is 3.07. The SMILES string of the molecule is CC(C)(C)c1ccc(OCC(=O)N2C(=O)OC[C@@H]2Cc2ccccc2)cc1. The van der Waals surface area contributed by atoms with Crippen LogP contribution in [0.1, 0.15) is 31.9 Å². The summed E-state index contributed by atoms with van der Waals surface area (Å²) < 4.78 is 10.7. The Morgan fingerprint density at radius 2 is 1.78 bits per heavy atom. The summed E-state index contributed by atoms with van der Waals surface area (Å²) in [4.78, 5) is 25.7. The van der Waals surface area contributed by atoms with Crippen molar-refractivity contribution in [2.24, 2.45) is 0 Å². The predicted molar refractivity (Wildman–Crippen MR) is 103 cm³/mol. The van der Waals surface area contributed by atoms with E-state index < -0.39 is 12.0 Å². The molecule has 5 nitrogen and oxygen atoms in total. The number of hydrogen-bond donors (Lipinski definition) is 0. The summed E-state index contributed by atoms with van der Waals surface area (Å²) in [5, 5.41) is 0. The van der Waals surface area contributed by atoms with Crippen LogP contribution in [0.2, 0.25) is 0 Å². The van der Waals surface area contributed by atoms with E-state index in [0.29, 0.717) is 12.2 Å². The van der Waals surface area contributed by atoms with Gasteiger partial charge in [-0.2, -0.15) is 0 Å². The average molecular weight is 367 g/mol. The maximum absolute atomic E-state index is 12.6. The van der Waals surface area contributed by atoms with Crippen LogP contribution < -0.4 is 4.74 Å². The molecule has 0 spiro atoms. The lowest BCUT2D eigenvalue weighted by molar-refractivity contribution is -0.131. The Hall–Kier alpha value is -2.82. The lowest BCUT2D eigenvalue weighted by atomic mass is 9.87. The third-order valence-corrected chi connectivity index (χ3v) is 4.63. The Labute approximate surface area is 159 Å². The van der Waals surface area contributed by atoms with Crippen molar-refractivity contribution in [3.05, 3.63) is 65.7 Å². The standard InChI is InChI=1S/C22H25NO4/c1-22(2,3)17-9-11-19(12-10-17)26-15-20(24)23-18(14-27-21(23)25)13-16-7-5-4-6-8-16/h4-12,18H,13-15H2,1-3H3/t18-/m0/s1. The summed E-state index contributed by atoms with van der Waals surface area (Å²) >= 11 is 0. The number of amides is 2. The number of ether oxygens (including phenoxy) is 2. The van der Waals surface area contributed by atoms with Crippen LogP contribution in [0.3, 0.4) is 0 Å². The molecular formula is C22H25NO4. The minimum absolute atomic E-state index is 0.0539. The molecule has 3 rings (SSSR count). The molecule has 142 valence electrons. The molecule has 0 aromatic heterocycles. The van der Waals surface area contributed by atoms with Gasteiger partial charge >= 0.3 is 6.09 Å².